The van der Waals surface area contributed by atoms with Crippen LogP contribution in [-0.4, -0.2) is 16.7 Å². The van der Waals surface area contributed by atoms with Gasteiger partial charge in [0.15, 0.2) is 0 Å². The Morgan fingerprint density at radius 3 is 2.38 bits per heavy atom. The molecule has 0 atom stereocenters. The van der Waals surface area contributed by atoms with Crippen LogP contribution in [0, 0.1) is 0 Å². The number of ether oxygens (including phenoxy) is 1. The van der Waals surface area contributed by atoms with Gasteiger partial charge in [0.2, 0.25) is 0 Å². The lowest BCUT2D eigenvalue weighted by atomic mass is 9.86. The van der Waals surface area contributed by atoms with Crippen molar-refractivity contribution in [3.8, 4) is 5.75 Å². The smallest absolute Gasteiger partial charge is 0.296 e. The lowest BCUT2D eigenvalue weighted by molar-refractivity contribution is -0.112. The molecule has 5 nitrogen and oxygen atoms in total. The van der Waals surface area contributed by atoms with Crippen LogP contribution >= 0.6 is 0 Å². The van der Waals surface area contributed by atoms with Crippen LogP contribution in [0.5, 0.6) is 5.75 Å². The molecule has 5 heteroatoms. The summed E-state index contributed by atoms with van der Waals surface area (Å²) in [5.74, 6) is -0.684. The zero-order valence-corrected chi connectivity index (χ0v) is 16.8. The first kappa shape index (κ1) is 20.3. The zero-order valence-electron chi connectivity index (χ0n) is 16.8. The molecule has 1 aromatic heterocycles. The third-order valence-electron chi connectivity index (χ3n) is 4.42. The largest absolute Gasteiger partial charge is 0.487 e. The number of benzene rings is 2. The number of ketones is 1. The average Bonchev–Trinajstić information content (AvgIpc) is 2.72. The summed E-state index contributed by atoms with van der Waals surface area (Å²) in [7, 11) is 0. The van der Waals surface area contributed by atoms with Crippen molar-refractivity contribution in [2.75, 3.05) is 5.32 Å². The molecule has 0 aliphatic rings. The first-order valence-corrected chi connectivity index (χ1v) is 9.42. The van der Waals surface area contributed by atoms with Crippen LogP contribution < -0.4 is 10.1 Å². The molecule has 0 spiro atoms. The van der Waals surface area contributed by atoms with Gasteiger partial charge in [0.25, 0.3) is 11.7 Å². The number of carbonyl (C=O) groups is 2. The van der Waals surface area contributed by atoms with E-state index in [2.05, 4.69) is 31.1 Å². The van der Waals surface area contributed by atoms with Gasteiger partial charge in [-0.1, -0.05) is 57.2 Å². The fourth-order valence-corrected chi connectivity index (χ4v) is 2.74. The zero-order chi connectivity index (χ0) is 20.9. The van der Waals surface area contributed by atoms with Crippen molar-refractivity contribution in [2.45, 2.75) is 32.8 Å². The molecule has 3 aromatic rings. The second-order valence-corrected chi connectivity index (χ2v) is 7.75. The molecular formula is C24H24N2O3. The maximum atomic E-state index is 12.5. The Bertz CT molecular complexity index is 991. The Hall–Kier alpha value is -3.47. The monoisotopic (exact) mass is 388 g/mol. The highest BCUT2D eigenvalue weighted by Gasteiger charge is 2.18. The van der Waals surface area contributed by atoms with Crippen molar-refractivity contribution in [2.24, 2.45) is 0 Å². The fraction of sp³-hybridized carbons (Fsp3) is 0.208. The van der Waals surface area contributed by atoms with Gasteiger partial charge < -0.3 is 10.1 Å². The maximum absolute atomic E-state index is 12.5. The topological polar surface area (TPSA) is 68.3 Å². The quantitative estimate of drug-likeness (QED) is 0.487. The van der Waals surface area contributed by atoms with E-state index >= 15 is 0 Å². The van der Waals surface area contributed by atoms with Crippen LogP contribution in [0.4, 0.5) is 5.69 Å². The highest BCUT2D eigenvalue weighted by molar-refractivity contribution is 6.46. The van der Waals surface area contributed by atoms with Gasteiger partial charge in [-0.2, -0.15) is 0 Å². The van der Waals surface area contributed by atoms with Crippen molar-refractivity contribution >= 4 is 17.4 Å². The Morgan fingerprint density at radius 2 is 1.72 bits per heavy atom. The van der Waals surface area contributed by atoms with Crippen LogP contribution in [0.15, 0.2) is 72.9 Å². The summed E-state index contributed by atoms with van der Waals surface area (Å²) in [5, 5.41) is 2.64. The van der Waals surface area contributed by atoms with E-state index < -0.39 is 11.7 Å². The molecule has 0 bridgehead atoms. The predicted molar refractivity (Wildman–Crippen MR) is 113 cm³/mol. The summed E-state index contributed by atoms with van der Waals surface area (Å²) in [6, 6.07) is 19.7. The molecule has 0 saturated heterocycles. The number of carbonyl (C=O) groups excluding carboxylic acids is 2. The first-order valence-electron chi connectivity index (χ1n) is 9.42. The molecule has 0 aliphatic carbocycles. The van der Waals surface area contributed by atoms with E-state index in [1.54, 1.807) is 42.6 Å². The predicted octanol–water partition coefficient (Wildman–Crippen LogP) is 4.78. The van der Waals surface area contributed by atoms with Gasteiger partial charge in [-0.05, 0) is 35.2 Å². The van der Waals surface area contributed by atoms with E-state index in [4.69, 9.17) is 4.74 Å². The average molecular weight is 388 g/mol. The molecule has 3 rings (SSSR count). The van der Waals surface area contributed by atoms with E-state index in [0.717, 1.165) is 11.3 Å². The normalized spacial score (nSPS) is 11.0. The molecule has 0 aliphatic heterocycles. The van der Waals surface area contributed by atoms with E-state index in [1.807, 2.05) is 30.3 Å². The number of nitrogens with zero attached hydrogens (tertiary/aromatic N) is 1. The van der Waals surface area contributed by atoms with E-state index in [-0.39, 0.29) is 5.41 Å². The van der Waals surface area contributed by atoms with Crippen LogP contribution in [0.1, 0.15) is 42.4 Å². The SMILES string of the molecule is CC(C)(C)c1ccc(C(=O)C(=O)Nc2cccc(OCc3ccccn3)c2)cc1. The summed E-state index contributed by atoms with van der Waals surface area (Å²) in [6.45, 7) is 6.61. The van der Waals surface area contributed by atoms with E-state index in [0.29, 0.717) is 23.6 Å². The van der Waals surface area contributed by atoms with Gasteiger partial charge in [0.05, 0.1) is 5.69 Å². The lowest BCUT2D eigenvalue weighted by Crippen LogP contribution is -2.23. The van der Waals surface area contributed by atoms with Gasteiger partial charge in [0.1, 0.15) is 12.4 Å². The molecular weight excluding hydrogens is 364 g/mol. The number of rotatable bonds is 6. The second-order valence-electron chi connectivity index (χ2n) is 7.75. The summed E-state index contributed by atoms with van der Waals surface area (Å²) in [4.78, 5) is 29.0. The number of nitrogens with one attached hydrogen (secondary N) is 1. The number of anilines is 1. The molecule has 148 valence electrons. The highest BCUT2D eigenvalue weighted by atomic mass is 16.5. The standard InChI is InChI=1S/C24H24N2O3/c1-24(2,3)18-12-10-17(11-13-18)22(27)23(28)26-19-8-6-9-21(15-19)29-16-20-7-4-5-14-25-20/h4-15H,16H2,1-3H3,(H,26,28). The third kappa shape index (κ3) is 5.51. The van der Waals surface area contributed by atoms with Crippen molar-refractivity contribution in [1.82, 2.24) is 4.98 Å². The molecule has 0 saturated carbocycles. The first-order chi connectivity index (χ1) is 13.8. The highest BCUT2D eigenvalue weighted by Crippen LogP contribution is 2.23. The van der Waals surface area contributed by atoms with Crippen LogP contribution in [-0.2, 0) is 16.8 Å². The molecule has 1 amide bonds. The van der Waals surface area contributed by atoms with Crippen LogP contribution in [0.2, 0.25) is 0 Å². The van der Waals surface area contributed by atoms with Crippen LogP contribution in [0.3, 0.4) is 0 Å². The molecule has 0 unspecified atom stereocenters. The number of hydrogen-bond acceptors (Lipinski definition) is 4. The minimum atomic E-state index is -0.685. The number of aromatic nitrogens is 1. The summed E-state index contributed by atoms with van der Waals surface area (Å²) >= 11 is 0. The molecule has 0 fully saturated rings. The Labute approximate surface area is 170 Å². The van der Waals surface area contributed by atoms with Crippen LogP contribution in [0.25, 0.3) is 0 Å². The Kier molecular flexibility index (Phi) is 6.07. The summed E-state index contributed by atoms with van der Waals surface area (Å²) in [5.41, 5.74) is 2.74. The van der Waals surface area contributed by atoms with Crippen molar-refractivity contribution < 1.29 is 14.3 Å². The van der Waals surface area contributed by atoms with Crippen molar-refractivity contribution in [3.05, 3.63) is 89.7 Å². The number of hydrogen-bond donors (Lipinski definition) is 1. The Balaban J connectivity index is 1.63. The van der Waals surface area contributed by atoms with E-state index in [9.17, 15) is 9.59 Å². The van der Waals surface area contributed by atoms with Gasteiger partial charge in [-0.15, -0.1) is 0 Å². The minimum absolute atomic E-state index is 0.0143. The number of pyridine rings is 1. The van der Waals surface area contributed by atoms with Gasteiger partial charge in [-0.25, -0.2) is 0 Å². The molecule has 0 radical (unpaired) electrons. The Morgan fingerprint density at radius 1 is 0.966 bits per heavy atom. The van der Waals surface area contributed by atoms with Crippen molar-refractivity contribution in [3.63, 3.8) is 0 Å². The summed E-state index contributed by atoms with van der Waals surface area (Å²) in [6.07, 6.45) is 1.70. The van der Waals surface area contributed by atoms with Crippen molar-refractivity contribution in [1.29, 1.82) is 0 Å². The van der Waals surface area contributed by atoms with E-state index in [1.165, 1.54) is 0 Å². The number of amides is 1. The molecule has 29 heavy (non-hydrogen) atoms. The number of Topliss-reactive ketones (excluding diaryl/α,β-unsaturated/α-hetero) is 1. The van der Waals surface area contributed by atoms with Gasteiger partial charge >= 0.3 is 0 Å². The second kappa shape index (κ2) is 8.69. The maximum Gasteiger partial charge on any atom is 0.296 e. The van der Waals surface area contributed by atoms with Gasteiger partial charge in [-0.3, -0.25) is 14.6 Å². The molecule has 2 aromatic carbocycles. The minimum Gasteiger partial charge on any atom is -0.487 e. The molecule has 1 N–H and O–H groups in total. The third-order valence-corrected chi connectivity index (χ3v) is 4.42. The molecule has 1 heterocycles. The fourth-order valence-electron chi connectivity index (χ4n) is 2.74. The lowest BCUT2D eigenvalue weighted by Gasteiger charge is -2.18. The summed E-state index contributed by atoms with van der Waals surface area (Å²) < 4.78 is 5.71. The van der Waals surface area contributed by atoms with Gasteiger partial charge in [0, 0.05) is 23.5 Å².